The monoisotopic (exact) mass is 636 g/mol. The fraction of sp³-hybridized carbons (Fsp3) is 0.692. The molecule has 0 aliphatic carbocycles. The summed E-state index contributed by atoms with van der Waals surface area (Å²) in [7, 11) is 3.13. The Balaban J connectivity index is 5.22. The van der Waals surface area contributed by atoms with Crippen LogP contribution in [0.15, 0.2) is 24.3 Å². The molecule has 37 heavy (non-hydrogen) atoms. The topological polar surface area (TPSA) is 124 Å². The number of carbonyl (C=O) groups excluding carboxylic acids is 4. The van der Waals surface area contributed by atoms with Gasteiger partial charge in [0, 0.05) is 0 Å². The Morgan fingerprint density at radius 1 is 0.649 bits per heavy atom. The van der Waals surface area contributed by atoms with Crippen LogP contribution in [0.1, 0.15) is 66.2 Å². The first-order valence-corrected chi connectivity index (χ1v) is 19.2. The summed E-state index contributed by atoms with van der Waals surface area (Å²) in [5, 5.41) is 0. The Labute approximate surface area is 226 Å². The van der Waals surface area contributed by atoms with Crippen molar-refractivity contribution in [3.63, 3.8) is 0 Å². The van der Waals surface area contributed by atoms with E-state index in [1.807, 2.05) is 27.7 Å². The summed E-state index contributed by atoms with van der Waals surface area (Å²) in [4.78, 5) is 49.0. The summed E-state index contributed by atoms with van der Waals surface area (Å²) >= 11 is -4.26. The van der Waals surface area contributed by atoms with Crippen LogP contribution in [0.5, 0.6) is 0 Å². The van der Waals surface area contributed by atoms with Crippen molar-refractivity contribution in [3.05, 3.63) is 24.3 Å². The van der Waals surface area contributed by atoms with Gasteiger partial charge in [-0.3, -0.25) is 0 Å². The first kappa shape index (κ1) is 35.1. The standard InChI is InChI=1S/2C9H14O5.2C4H9.Sn/c2*1-7(13-2)5-6-14-9(12)4-3-8(10)11;2*1-3-4-2;/h2*3-4,7H,5-6H2,1-2H3,(H,10,11);2*1,3-4H2,2H3;/q;;;;+2/p-2. The van der Waals surface area contributed by atoms with Crippen molar-refractivity contribution in [2.24, 2.45) is 0 Å². The number of unbranched alkanes of at least 4 members (excludes halogenated alkanes) is 2. The molecular weight excluding hydrogens is 591 g/mol. The van der Waals surface area contributed by atoms with Gasteiger partial charge in [-0.15, -0.1) is 0 Å². The van der Waals surface area contributed by atoms with Gasteiger partial charge < -0.3 is 0 Å². The van der Waals surface area contributed by atoms with Crippen molar-refractivity contribution in [1.82, 2.24) is 0 Å². The van der Waals surface area contributed by atoms with Crippen LogP contribution in [-0.4, -0.2) is 82.7 Å². The van der Waals surface area contributed by atoms with Crippen molar-refractivity contribution in [1.29, 1.82) is 0 Å². The first-order chi connectivity index (χ1) is 17.6. The second-order valence-corrected chi connectivity index (χ2v) is 17.8. The number of hydrogen-bond acceptors (Lipinski definition) is 10. The van der Waals surface area contributed by atoms with Gasteiger partial charge in [0.15, 0.2) is 0 Å². The number of ether oxygens (including phenoxy) is 4. The molecule has 0 saturated carbocycles. The maximum atomic E-state index is 12.6. The van der Waals surface area contributed by atoms with Crippen molar-refractivity contribution in [2.75, 3.05) is 27.4 Å². The van der Waals surface area contributed by atoms with Crippen molar-refractivity contribution < 1.29 is 44.3 Å². The number of esters is 2. The van der Waals surface area contributed by atoms with E-state index < -0.39 is 43.1 Å². The summed E-state index contributed by atoms with van der Waals surface area (Å²) in [5.74, 6) is -2.87. The summed E-state index contributed by atoms with van der Waals surface area (Å²) < 4.78 is 32.8. The molecule has 11 heteroatoms. The second kappa shape index (κ2) is 21.1. The molecule has 0 spiro atoms. The SMILES string of the molecule is CCC[CH2][Sn]([CH2]CCC)([O]C(=O)C=CC(=O)OCCC(C)OC)[O]C(=O)C=CC(=O)OCCC(C)OC. The van der Waals surface area contributed by atoms with E-state index in [-0.39, 0.29) is 25.4 Å². The van der Waals surface area contributed by atoms with E-state index in [1.165, 1.54) is 0 Å². The second-order valence-electron chi connectivity index (χ2n) is 8.63. The predicted molar refractivity (Wildman–Crippen MR) is 140 cm³/mol. The Morgan fingerprint density at radius 2 is 1.00 bits per heavy atom. The molecule has 0 aromatic rings. The van der Waals surface area contributed by atoms with E-state index in [1.54, 1.807) is 14.2 Å². The zero-order chi connectivity index (χ0) is 28.1. The minimum absolute atomic E-state index is 0.0569. The quantitative estimate of drug-likeness (QED) is 0.109. The van der Waals surface area contributed by atoms with E-state index in [0.717, 1.165) is 37.1 Å². The molecule has 2 unspecified atom stereocenters. The summed E-state index contributed by atoms with van der Waals surface area (Å²) in [6, 6.07) is 0. The third kappa shape index (κ3) is 18.0. The molecule has 0 amide bonds. The third-order valence-electron chi connectivity index (χ3n) is 5.45. The molecule has 0 radical (unpaired) electrons. The molecule has 2 atom stereocenters. The van der Waals surface area contributed by atoms with E-state index in [0.29, 0.717) is 34.6 Å². The first-order valence-electron chi connectivity index (χ1n) is 12.8. The molecule has 0 heterocycles. The average molecular weight is 635 g/mol. The zero-order valence-electron chi connectivity index (χ0n) is 23.1. The van der Waals surface area contributed by atoms with Gasteiger partial charge in [0.25, 0.3) is 0 Å². The molecule has 0 aliphatic rings. The molecule has 0 bridgehead atoms. The minimum atomic E-state index is -4.26. The van der Waals surface area contributed by atoms with Gasteiger partial charge in [0.2, 0.25) is 0 Å². The van der Waals surface area contributed by atoms with Crippen LogP contribution in [0, 0.1) is 0 Å². The van der Waals surface area contributed by atoms with Gasteiger partial charge in [-0.05, 0) is 0 Å². The van der Waals surface area contributed by atoms with Crippen molar-refractivity contribution in [3.8, 4) is 0 Å². The van der Waals surface area contributed by atoms with Gasteiger partial charge >= 0.3 is 226 Å². The molecule has 10 nitrogen and oxygen atoms in total. The molecule has 0 N–H and O–H groups in total. The normalized spacial score (nSPS) is 13.4. The fourth-order valence-electron chi connectivity index (χ4n) is 2.93. The Hall–Kier alpha value is -1.92. The van der Waals surface area contributed by atoms with E-state index in [9.17, 15) is 19.2 Å². The number of hydrogen-bond donors (Lipinski definition) is 0. The summed E-state index contributed by atoms with van der Waals surface area (Å²) in [5.41, 5.74) is 0. The molecule has 0 rings (SSSR count). The van der Waals surface area contributed by atoms with Gasteiger partial charge in [0.05, 0.1) is 0 Å². The average Bonchev–Trinajstić information content (AvgIpc) is 2.88. The van der Waals surface area contributed by atoms with Gasteiger partial charge in [-0.25, -0.2) is 0 Å². The number of rotatable bonds is 20. The third-order valence-corrected chi connectivity index (χ3v) is 15.1. The molecule has 0 fully saturated rings. The van der Waals surface area contributed by atoms with E-state index >= 15 is 0 Å². The van der Waals surface area contributed by atoms with Crippen molar-refractivity contribution >= 4 is 43.1 Å². The van der Waals surface area contributed by atoms with Crippen LogP contribution in [0.25, 0.3) is 0 Å². The van der Waals surface area contributed by atoms with Crippen LogP contribution in [0.3, 0.4) is 0 Å². The van der Waals surface area contributed by atoms with Crippen LogP contribution in [-0.2, 0) is 44.3 Å². The molecule has 0 saturated heterocycles. The summed E-state index contributed by atoms with van der Waals surface area (Å²) in [6.07, 6.45) is 8.00. The summed E-state index contributed by atoms with van der Waals surface area (Å²) in [6.45, 7) is 7.98. The van der Waals surface area contributed by atoms with Crippen LogP contribution in [0.2, 0.25) is 8.87 Å². The molecule has 0 aromatic heterocycles. The molecular formula is C26H44O10Sn. The zero-order valence-corrected chi connectivity index (χ0v) is 26.0. The van der Waals surface area contributed by atoms with Gasteiger partial charge in [-0.1, -0.05) is 0 Å². The van der Waals surface area contributed by atoms with Crippen LogP contribution >= 0.6 is 0 Å². The van der Waals surface area contributed by atoms with Gasteiger partial charge in [0.1, 0.15) is 0 Å². The Bertz CT molecular complexity index is 688. The molecule has 212 valence electrons. The fourth-order valence-corrected chi connectivity index (χ4v) is 12.5. The van der Waals surface area contributed by atoms with Gasteiger partial charge in [-0.2, -0.15) is 0 Å². The van der Waals surface area contributed by atoms with E-state index in [2.05, 4.69) is 0 Å². The maximum absolute atomic E-state index is 12.6. The molecule has 0 aromatic carbocycles. The van der Waals surface area contributed by atoms with Crippen LogP contribution in [0.4, 0.5) is 0 Å². The predicted octanol–water partition coefficient (Wildman–Crippen LogP) is 4.16. The van der Waals surface area contributed by atoms with E-state index in [4.69, 9.17) is 25.1 Å². The Kier molecular flexibility index (Phi) is 20.0. The number of carbonyl (C=O) groups is 4. The Morgan fingerprint density at radius 3 is 1.32 bits per heavy atom. The molecule has 0 aliphatic heterocycles. The number of methoxy groups -OCH3 is 2. The van der Waals surface area contributed by atoms with Crippen molar-refractivity contribution in [2.45, 2.75) is 87.3 Å². The van der Waals surface area contributed by atoms with Crippen LogP contribution < -0.4 is 0 Å².